The van der Waals surface area contributed by atoms with Gasteiger partial charge in [0.05, 0.1) is 0 Å². The third-order valence-electron chi connectivity index (χ3n) is 4.93. The van der Waals surface area contributed by atoms with Crippen molar-refractivity contribution in [2.24, 2.45) is 0 Å². The van der Waals surface area contributed by atoms with Gasteiger partial charge in [0.25, 0.3) is 0 Å². The fourth-order valence-electron chi connectivity index (χ4n) is 3.58. The lowest BCUT2D eigenvalue weighted by atomic mass is 10.1. The van der Waals surface area contributed by atoms with Gasteiger partial charge in [-0.15, -0.1) is 0 Å². The molecule has 1 aliphatic carbocycles. The van der Waals surface area contributed by atoms with E-state index in [1.165, 1.54) is 51.6 Å². The zero-order valence-corrected chi connectivity index (χ0v) is 14.3. The zero-order chi connectivity index (χ0) is 15.3. The lowest BCUT2D eigenvalue weighted by Gasteiger charge is -2.31. The van der Waals surface area contributed by atoms with Crippen molar-refractivity contribution in [1.82, 2.24) is 26.2 Å². The van der Waals surface area contributed by atoms with Gasteiger partial charge in [0, 0.05) is 71.5 Å². The molecule has 1 aliphatic heterocycles. The standard InChI is InChI=1S/C17H37N5/c1-2-4-6-17(5-3-1)22-15-13-20-11-9-18-7-8-19-10-12-21-14-16-22/h17-21H,1-16H2. The lowest BCUT2D eigenvalue weighted by Crippen LogP contribution is -2.44. The Morgan fingerprint density at radius 3 is 1.36 bits per heavy atom. The maximum atomic E-state index is 3.59. The molecule has 0 aromatic rings. The molecule has 2 fully saturated rings. The highest BCUT2D eigenvalue weighted by atomic mass is 15.2. The Bertz CT molecular complexity index is 237. The topological polar surface area (TPSA) is 51.4 Å². The number of hydrogen-bond donors (Lipinski definition) is 4. The SMILES string of the molecule is C1CCCC(N2CCNCCNCCNCCNCC2)CC1. The number of nitrogens with one attached hydrogen (secondary N) is 4. The summed E-state index contributed by atoms with van der Waals surface area (Å²) in [5, 5.41) is 14.1. The van der Waals surface area contributed by atoms with Crippen LogP contribution in [0.2, 0.25) is 0 Å². The highest BCUT2D eigenvalue weighted by Gasteiger charge is 2.19. The van der Waals surface area contributed by atoms with Crippen LogP contribution in [0.4, 0.5) is 0 Å². The third kappa shape index (κ3) is 7.88. The minimum absolute atomic E-state index is 0.818. The molecule has 0 amide bonds. The van der Waals surface area contributed by atoms with Crippen LogP contribution in [0.1, 0.15) is 38.5 Å². The predicted molar refractivity (Wildman–Crippen MR) is 94.5 cm³/mol. The zero-order valence-electron chi connectivity index (χ0n) is 14.3. The van der Waals surface area contributed by atoms with Crippen molar-refractivity contribution in [3.05, 3.63) is 0 Å². The molecule has 1 saturated heterocycles. The van der Waals surface area contributed by atoms with Crippen molar-refractivity contribution >= 4 is 0 Å². The molecule has 2 rings (SSSR count). The van der Waals surface area contributed by atoms with Gasteiger partial charge in [-0.25, -0.2) is 0 Å². The minimum Gasteiger partial charge on any atom is -0.314 e. The molecule has 5 nitrogen and oxygen atoms in total. The summed E-state index contributed by atoms with van der Waals surface area (Å²) >= 11 is 0. The van der Waals surface area contributed by atoms with Gasteiger partial charge in [-0.05, 0) is 12.8 Å². The average molecular weight is 312 g/mol. The van der Waals surface area contributed by atoms with Crippen molar-refractivity contribution < 1.29 is 0 Å². The largest absolute Gasteiger partial charge is 0.314 e. The van der Waals surface area contributed by atoms with Crippen LogP contribution < -0.4 is 21.3 Å². The average Bonchev–Trinajstić information content (AvgIpc) is 2.82. The summed E-state index contributed by atoms with van der Waals surface area (Å²) in [5.74, 6) is 0. The smallest absolute Gasteiger partial charge is 0.0110 e. The van der Waals surface area contributed by atoms with Crippen LogP contribution in [0, 0.1) is 0 Å². The minimum atomic E-state index is 0.818. The Hall–Kier alpha value is -0.200. The van der Waals surface area contributed by atoms with Crippen LogP contribution in [0.25, 0.3) is 0 Å². The molecule has 4 N–H and O–H groups in total. The van der Waals surface area contributed by atoms with E-state index >= 15 is 0 Å². The second-order valence-electron chi connectivity index (χ2n) is 6.68. The maximum Gasteiger partial charge on any atom is 0.0110 e. The van der Waals surface area contributed by atoms with E-state index in [9.17, 15) is 0 Å². The molecule has 0 bridgehead atoms. The van der Waals surface area contributed by atoms with E-state index in [1.54, 1.807) is 0 Å². The summed E-state index contributed by atoms with van der Waals surface area (Å²) in [6.07, 6.45) is 8.55. The fraction of sp³-hybridized carbons (Fsp3) is 1.00. The van der Waals surface area contributed by atoms with Crippen molar-refractivity contribution in [2.45, 2.75) is 44.6 Å². The molecule has 22 heavy (non-hydrogen) atoms. The number of rotatable bonds is 1. The first kappa shape index (κ1) is 18.1. The van der Waals surface area contributed by atoms with E-state index in [0.717, 1.165) is 58.4 Å². The molecule has 0 aromatic heterocycles. The molecule has 130 valence electrons. The van der Waals surface area contributed by atoms with Gasteiger partial charge in [0.1, 0.15) is 0 Å². The van der Waals surface area contributed by atoms with Crippen molar-refractivity contribution in [1.29, 1.82) is 0 Å². The Morgan fingerprint density at radius 1 is 0.500 bits per heavy atom. The van der Waals surface area contributed by atoms with E-state index < -0.39 is 0 Å². The molecule has 0 aromatic carbocycles. The first-order valence-corrected chi connectivity index (χ1v) is 9.54. The quantitative estimate of drug-likeness (QED) is 0.528. The molecule has 1 heterocycles. The Balaban J connectivity index is 1.76. The van der Waals surface area contributed by atoms with E-state index in [0.29, 0.717) is 0 Å². The highest BCUT2D eigenvalue weighted by Crippen LogP contribution is 2.21. The third-order valence-corrected chi connectivity index (χ3v) is 4.93. The van der Waals surface area contributed by atoms with E-state index in [4.69, 9.17) is 0 Å². The lowest BCUT2D eigenvalue weighted by molar-refractivity contribution is 0.180. The summed E-state index contributed by atoms with van der Waals surface area (Å²) in [6, 6.07) is 0.818. The van der Waals surface area contributed by atoms with Gasteiger partial charge in [-0.2, -0.15) is 0 Å². The van der Waals surface area contributed by atoms with Gasteiger partial charge >= 0.3 is 0 Å². The Labute approximate surface area is 137 Å². The van der Waals surface area contributed by atoms with Crippen molar-refractivity contribution in [3.63, 3.8) is 0 Å². The first-order chi connectivity index (χ1) is 11.0. The van der Waals surface area contributed by atoms with Crippen LogP contribution in [0.5, 0.6) is 0 Å². The van der Waals surface area contributed by atoms with Gasteiger partial charge in [-0.3, -0.25) is 4.90 Å². The van der Waals surface area contributed by atoms with E-state index in [1.807, 2.05) is 0 Å². The van der Waals surface area contributed by atoms with Crippen molar-refractivity contribution in [2.75, 3.05) is 65.4 Å². The van der Waals surface area contributed by atoms with Gasteiger partial charge in [-0.1, -0.05) is 25.7 Å². The van der Waals surface area contributed by atoms with Crippen molar-refractivity contribution in [3.8, 4) is 0 Å². The van der Waals surface area contributed by atoms with Gasteiger partial charge < -0.3 is 21.3 Å². The molecule has 0 spiro atoms. The van der Waals surface area contributed by atoms with Gasteiger partial charge in [0.15, 0.2) is 0 Å². The van der Waals surface area contributed by atoms with Crippen LogP contribution in [0.3, 0.4) is 0 Å². The summed E-state index contributed by atoms with van der Waals surface area (Å²) in [5.41, 5.74) is 0. The molecule has 5 heteroatoms. The van der Waals surface area contributed by atoms with Crippen LogP contribution in [0.15, 0.2) is 0 Å². The van der Waals surface area contributed by atoms with Crippen LogP contribution >= 0.6 is 0 Å². The van der Waals surface area contributed by atoms with Gasteiger partial charge in [0.2, 0.25) is 0 Å². The molecular weight excluding hydrogens is 274 g/mol. The molecule has 1 saturated carbocycles. The highest BCUT2D eigenvalue weighted by molar-refractivity contribution is 4.76. The second-order valence-corrected chi connectivity index (χ2v) is 6.68. The summed E-state index contributed by atoms with van der Waals surface area (Å²) in [7, 11) is 0. The number of nitrogens with zero attached hydrogens (tertiary/aromatic N) is 1. The Kier molecular flexibility index (Phi) is 10.1. The van der Waals surface area contributed by atoms with E-state index in [-0.39, 0.29) is 0 Å². The monoisotopic (exact) mass is 311 g/mol. The Morgan fingerprint density at radius 2 is 0.909 bits per heavy atom. The molecule has 0 radical (unpaired) electrons. The summed E-state index contributed by atoms with van der Waals surface area (Å²) in [6.45, 7) is 11.1. The van der Waals surface area contributed by atoms with Crippen LogP contribution in [-0.2, 0) is 0 Å². The summed E-state index contributed by atoms with van der Waals surface area (Å²) in [4.78, 5) is 2.74. The molecular formula is C17H37N5. The van der Waals surface area contributed by atoms with Crippen LogP contribution in [-0.4, -0.2) is 76.4 Å². The number of hydrogen-bond acceptors (Lipinski definition) is 5. The fourth-order valence-corrected chi connectivity index (χ4v) is 3.58. The molecule has 0 atom stereocenters. The first-order valence-electron chi connectivity index (χ1n) is 9.54. The molecule has 0 unspecified atom stereocenters. The predicted octanol–water partition coefficient (Wildman–Crippen LogP) is 0.383. The normalized spacial score (nSPS) is 26.7. The van der Waals surface area contributed by atoms with E-state index in [2.05, 4.69) is 26.2 Å². The second kappa shape index (κ2) is 12.3. The summed E-state index contributed by atoms with van der Waals surface area (Å²) < 4.78 is 0. The molecule has 2 aliphatic rings. The maximum absolute atomic E-state index is 3.59.